The molecule has 0 aliphatic carbocycles. The van der Waals surface area contributed by atoms with E-state index in [1.807, 2.05) is 11.8 Å². The van der Waals surface area contributed by atoms with Crippen molar-refractivity contribution in [2.75, 3.05) is 40.0 Å². The average molecular weight is 347 g/mol. The number of pyridine rings is 1. The minimum Gasteiger partial charge on any atom is -0.480 e. The Labute approximate surface area is 147 Å². The number of carbonyl (C=O) groups is 2. The topological polar surface area (TPSA) is 72.0 Å². The molecule has 2 fully saturated rings. The van der Waals surface area contributed by atoms with Crippen molar-refractivity contribution in [1.82, 2.24) is 14.8 Å². The fraction of sp³-hybridized carbons (Fsp3) is 0.611. The van der Waals surface area contributed by atoms with E-state index in [2.05, 4.69) is 4.98 Å². The molecule has 7 nitrogen and oxygen atoms in total. The Morgan fingerprint density at radius 1 is 1.20 bits per heavy atom. The number of piperidine rings is 1. The lowest BCUT2D eigenvalue weighted by Gasteiger charge is -2.38. The zero-order valence-corrected chi connectivity index (χ0v) is 14.9. The lowest BCUT2D eigenvalue weighted by molar-refractivity contribution is -0.141. The molecule has 1 aromatic rings. The number of hydrogen-bond acceptors (Lipinski definition) is 5. The molecule has 0 saturated carbocycles. The zero-order valence-electron chi connectivity index (χ0n) is 14.9. The van der Waals surface area contributed by atoms with Crippen LogP contribution in [-0.2, 0) is 9.53 Å². The van der Waals surface area contributed by atoms with Gasteiger partial charge in [0, 0.05) is 25.3 Å². The normalized spacial score (nSPS) is 21.1. The molecule has 2 aliphatic heterocycles. The first-order valence-corrected chi connectivity index (χ1v) is 8.81. The monoisotopic (exact) mass is 347 g/mol. The van der Waals surface area contributed by atoms with Crippen LogP contribution in [0.15, 0.2) is 12.1 Å². The van der Waals surface area contributed by atoms with E-state index in [0.717, 1.165) is 18.5 Å². The number of likely N-dealkylation sites (tertiary alicyclic amines) is 1. The Bertz CT molecular complexity index is 643. The summed E-state index contributed by atoms with van der Waals surface area (Å²) in [5, 5.41) is 0. The highest BCUT2D eigenvalue weighted by Crippen LogP contribution is 2.25. The number of methoxy groups -OCH3 is 1. The van der Waals surface area contributed by atoms with Gasteiger partial charge in [-0.05, 0) is 38.3 Å². The maximum Gasteiger partial charge on any atom is 0.260 e. The summed E-state index contributed by atoms with van der Waals surface area (Å²) in [4.78, 5) is 33.8. The molecule has 0 radical (unpaired) electrons. The number of morpholine rings is 1. The van der Waals surface area contributed by atoms with Crippen LogP contribution in [0.4, 0.5) is 0 Å². The summed E-state index contributed by atoms with van der Waals surface area (Å²) in [7, 11) is 1.51. The lowest BCUT2D eigenvalue weighted by Crippen LogP contribution is -2.55. The molecule has 3 heterocycles. The van der Waals surface area contributed by atoms with Gasteiger partial charge in [0.1, 0.15) is 11.6 Å². The number of amides is 2. The first kappa shape index (κ1) is 17.7. The number of rotatable bonds is 3. The Balaban J connectivity index is 1.82. The zero-order chi connectivity index (χ0) is 17.8. The van der Waals surface area contributed by atoms with E-state index in [4.69, 9.17) is 9.47 Å². The summed E-state index contributed by atoms with van der Waals surface area (Å²) in [6.07, 6.45) is 2.55. The highest BCUT2D eigenvalue weighted by Gasteiger charge is 2.36. The predicted octanol–water partition coefficient (Wildman–Crippen LogP) is 1.25. The summed E-state index contributed by atoms with van der Waals surface area (Å²) in [6.45, 7) is 4.73. The molecule has 25 heavy (non-hydrogen) atoms. The summed E-state index contributed by atoms with van der Waals surface area (Å²) >= 11 is 0. The van der Waals surface area contributed by atoms with Gasteiger partial charge in [0.25, 0.3) is 5.91 Å². The van der Waals surface area contributed by atoms with Crippen molar-refractivity contribution in [3.05, 3.63) is 23.4 Å². The summed E-state index contributed by atoms with van der Waals surface area (Å²) < 4.78 is 10.6. The van der Waals surface area contributed by atoms with Crippen molar-refractivity contribution < 1.29 is 19.1 Å². The Morgan fingerprint density at radius 3 is 2.68 bits per heavy atom. The van der Waals surface area contributed by atoms with Crippen LogP contribution in [0.25, 0.3) is 0 Å². The Hall–Kier alpha value is -2.15. The fourth-order valence-corrected chi connectivity index (χ4v) is 3.43. The summed E-state index contributed by atoms with van der Waals surface area (Å²) in [6, 6.07) is 3.11. The van der Waals surface area contributed by atoms with Crippen LogP contribution in [0.2, 0.25) is 0 Å². The van der Waals surface area contributed by atoms with Crippen LogP contribution in [0.1, 0.15) is 35.3 Å². The fourth-order valence-electron chi connectivity index (χ4n) is 3.43. The van der Waals surface area contributed by atoms with Gasteiger partial charge in [-0.3, -0.25) is 9.59 Å². The second-order valence-corrected chi connectivity index (χ2v) is 6.46. The largest absolute Gasteiger partial charge is 0.480 e. The standard InChI is InChI=1S/C18H25N3O4/c1-13-6-7-14(16(19-13)24-2)17(22)21-8-4-3-5-15(21)18(23)20-9-11-25-12-10-20/h6-7,15H,3-5,8-12H2,1-2H3. The van der Waals surface area contributed by atoms with Crippen molar-refractivity contribution >= 4 is 11.8 Å². The van der Waals surface area contributed by atoms with E-state index in [1.165, 1.54) is 7.11 Å². The number of aromatic nitrogens is 1. The van der Waals surface area contributed by atoms with E-state index in [1.54, 1.807) is 17.0 Å². The Kier molecular flexibility index (Phi) is 5.53. The highest BCUT2D eigenvalue weighted by atomic mass is 16.5. The molecular weight excluding hydrogens is 322 g/mol. The van der Waals surface area contributed by atoms with Crippen molar-refractivity contribution in [3.8, 4) is 5.88 Å². The van der Waals surface area contributed by atoms with E-state index in [9.17, 15) is 9.59 Å². The van der Waals surface area contributed by atoms with Gasteiger partial charge in [-0.15, -0.1) is 0 Å². The van der Waals surface area contributed by atoms with Gasteiger partial charge in [-0.25, -0.2) is 4.98 Å². The Morgan fingerprint density at radius 2 is 1.96 bits per heavy atom. The maximum atomic E-state index is 13.1. The third-order valence-electron chi connectivity index (χ3n) is 4.79. The van der Waals surface area contributed by atoms with E-state index in [-0.39, 0.29) is 11.8 Å². The third kappa shape index (κ3) is 3.76. The number of nitrogens with zero attached hydrogens (tertiary/aromatic N) is 3. The smallest absolute Gasteiger partial charge is 0.260 e. The third-order valence-corrected chi connectivity index (χ3v) is 4.79. The van der Waals surface area contributed by atoms with Crippen LogP contribution in [-0.4, -0.2) is 72.6 Å². The number of carbonyl (C=O) groups excluding carboxylic acids is 2. The molecule has 1 aromatic heterocycles. The van der Waals surface area contributed by atoms with E-state index >= 15 is 0 Å². The minimum absolute atomic E-state index is 0.0235. The quantitative estimate of drug-likeness (QED) is 0.823. The number of aryl methyl sites for hydroxylation is 1. The molecule has 2 amide bonds. The predicted molar refractivity (Wildman–Crippen MR) is 91.6 cm³/mol. The lowest BCUT2D eigenvalue weighted by atomic mass is 9.99. The van der Waals surface area contributed by atoms with Crippen molar-refractivity contribution in [3.63, 3.8) is 0 Å². The van der Waals surface area contributed by atoms with Gasteiger partial charge in [0.05, 0.1) is 20.3 Å². The second kappa shape index (κ2) is 7.82. The minimum atomic E-state index is -0.412. The molecule has 0 spiro atoms. The molecule has 136 valence electrons. The van der Waals surface area contributed by atoms with Crippen molar-refractivity contribution in [2.24, 2.45) is 0 Å². The van der Waals surface area contributed by atoms with E-state index < -0.39 is 6.04 Å². The van der Waals surface area contributed by atoms with Crippen LogP contribution in [0.3, 0.4) is 0 Å². The first-order valence-electron chi connectivity index (χ1n) is 8.81. The highest BCUT2D eigenvalue weighted by molar-refractivity contribution is 5.99. The van der Waals surface area contributed by atoms with Crippen LogP contribution < -0.4 is 4.74 Å². The van der Waals surface area contributed by atoms with Gasteiger partial charge < -0.3 is 19.3 Å². The van der Waals surface area contributed by atoms with Gasteiger partial charge in [0.15, 0.2) is 0 Å². The van der Waals surface area contributed by atoms with Crippen LogP contribution in [0.5, 0.6) is 5.88 Å². The van der Waals surface area contributed by atoms with Crippen molar-refractivity contribution in [1.29, 1.82) is 0 Å². The molecule has 1 atom stereocenters. The molecule has 7 heteroatoms. The second-order valence-electron chi connectivity index (χ2n) is 6.46. The first-order chi connectivity index (χ1) is 12.1. The molecule has 0 bridgehead atoms. The summed E-state index contributed by atoms with van der Waals surface area (Å²) in [5.41, 5.74) is 1.20. The summed E-state index contributed by atoms with van der Waals surface area (Å²) in [5.74, 6) is 0.152. The number of hydrogen-bond donors (Lipinski definition) is 0. The van der Waals surface area contributed by atoms with Gasteiger partial charge in [-0.2, -0.15) is 0 Å². The average Bonchev–Trinajstić information content (AvgIpc) is 2.67. The van der Waals surface area contributed by atoms with Gasteiger partial charge >= 0.3 is 0 Å². The SMILES string of the molecule is COc1nc(C)ccc1C(=O)N1CCCCC1C(=O)N1CCOCC1. The number of ether oxygens (including phenoxy) is 2. The molecule has 0 aromatic carbocycles. The molecule has 2 saturated heterocycles. The molecule has 1 unspecified atom stereocenters. The van der Waals surface area contributed by atoms with Crippen molar-refractivity contribution in [2.45, 2.75) is 32.2 Å². The maximum absolute atomic E-state index is 13.1. The van der Waals surface area contributed by atoms with Gasteiger partial charge in [0.2, 0.25) is 11.8 Å². The van der Waals surface area contributed by atoms with Gasteiger partial charge in [-0.1, -0.05) is 0 Å². The van der Waals surface area contributed by atoms with E-state index in [0.29, 0.717) is 50.7 Å². The molecular formula is C18H25N3O4. The van der Waals surface area contributed by atoms with Crippen LogP contribution >= 0.6 is 0 Å². The molecule has 0 N–H and O–H groups in total. The molecule has 2 aliphatic rings. The molecule has 3 rings (SSSR count). The van der Waals surface area contributed by atoms with Crippen LogP contribution in [0, 0.1) is 6.92 Å².